The molecule has 2 amide bonds. The SMILES string of the molecule is Cc1nn(C(C)(C)C)cc1[C@H](C)NC(=O)N(C)[C@H]1CCSC1. The molecule has 2 atom stereocenters. The Bertz CT molecular complexity index is 529. The van der Waals surface area contributed by atoms with E-state index < -0.39 is 0 Å². The molecule has 2 rings (SSSR count). The van der Waals surface area contributed by atoms with E-state index in [0.29, 0.717) is 6.04 Å². The van der Waals surface area contributed by atoms with Crippen molar-refractivity contribution < 1.29 is 4.79 Å². The summed E-state index contributed by atoms with van der Waals surface area (Å²) in [7, 11) is 1.89. The van der Waals surface area contributed by atoms with Crippen LogP contribution in [0.4, 0.5) is 4.79 Å². The number of carbonyl (C=O) groups is 1. The molecule has 1 aliphatic rings. The summed E-state index contributed by atoms with van der Waals surface area (Å²) in [6.45, 7) is 10.4. The fraction of sp³-hybridized carbons (Fsp3) is 0.750. The lowest BCUT2D eigenvalue weighted by Crippen LogP contribution is -2.44. The van der Waals surface area contributed by atoms with Crippen LogP contribution in [0.15, 0.2) is 6.20 Å². The number of amides is 2. The number of urea groups is 1. The van der Waals surface area contributed by atoms with E-state index in [2.05, 4.69) is 31.2 Å². The van der Waals surface area contributed by atoms with Gasteiger partial charge in [0, 0.05) is 30.6 Å². The van der Waals surface area contributed by atoms with Crippen molar-refractivity contribution in [3.05, 3.63) is 17.5 Å². The van der Waals surface area contributed by atoms with Gasteiger partial charge in [-0.1, -0.05) is 0 Å². The van der Waals surface area contributed by atoms with Crippen LogP contribution in [0.2, 0.25) is 0 Å². The van der Waals surface area contributed by atoms with Crippen molar-refractivity contribution in [2.75, 3.05) is 18.6 Å². The van der Waals surface area contributed by atoms with E-state index in [1.54, 1.807) is 0 Å². The summed E-state index contributed by atoms with van der Waals surface area (Å²) in [5.41, 5.74) is 2.00. The number of hydrogen-bond donors (Lipinski definition) is 1. The Hall–Kier alpha value is -1.17. The molecule has 5 nitrogen and oxygen atoms in total. The first kappa shape index (κ1) is 17.2. The van der Waals surface area contributed by atoms with Gasteiger partial charge in [0.1, 0.15) is 0 Å². The van der Waals surface area contributed by atoms with Crippen LogP contribution in [0.1, 0.15) is 51.4 Å². The first-order valence-electron chi connectivity index (χ1n) is 7.88. The standard InChI is InChI=1S/C16H28N4OS/c1-11(14-9-20(16(3,4)5)18-12(14)2)17-15(21)19(6)13-7-8-22-10-13/h9,11,13H,7-8,10H2,1-6H3,(H,17,21)/t11-,13-/m0/s1. The molecule has 2 heterocycles. The summed E-state index contributed by atoms with van der Waals surface area (Å²) >= 11 is 1.92. The Morgan fingerprint density at radius 2 is 2.23 bits per heavy atom. The highest BCUT2D eigenvalue weighted by molar-refractivity contribution is 7.99. The molecule has 0 unspecified atom stereocenters. The summed E-state index contributed by atoms with van der Waals surface area (Å²) in [4.78, 5) is 14.3. The molecule has 6 heteroatoms. The quantitative estimate of drug-likeness (QED) is 0.929. The maximum atomic E-state index is 12.4. The smallest absolute Gasteiger partial charge is 0.317 e. The first-order valence-corrected chi connectivity index (χ1v) is 9.03. The average Bonchev–Trinajstić information content (AvgIpc) is 3.05. The van der Waals surface area contributed by atoms with Gasteiger partial charge in [0.05, 0.1) is 17.3 Å². The Labute approximate surface area is 137 Å². The van der Waals surface area contributed by atoms with Crippen molar-refractivity contribution in [2.24, 2.45) is 0 Å². The minimum Gasteiger partial charge on any atom is -0.331 e. The number of aromatic nitrogens is 2. The third-order valence-electron chi connectivity index (χ3n) is 4.20. The van der Waals surface area contributed by atoms with Crippen LogP contribution in [0.3, 0.4) is 0 Å². The van der Waals surface area contributed by atoms with Crippen LogP contribution in [-0.2, 0) is 5.54 Å². The molecule has 1 aliphatic heterocycles. The monoisotopic (exact) mass is 324 g/mol. The van der Waals surface area contributed by atoms with E-state index in [9.17, 15) is 4.79 Å². The van der Waals surface area contributed by atoms with Crippen LogP contribution >= 0.6 is 11.8 Å². The molecule has 1 aromatic rings. The van der Waals surface area contributed by atoms with Gasteiger partial charge in [-0.05, 0) is 46.8 Å². The number of rotatable bonds is 3. The topological polar surface area (TPSA) is 50.2 Å². The largest absolute Gasteiger partial charge is 0.331 e. The van der Waals surface area contributed by atoms with Gasteiger partial charge in [-0.25, -0.2) is 4.79 Å². The number of aryl methyl sites for hydroxylation is 1. The fourth-order valence-electron chi connectivity index (χ4n) is 2.60. The minimum atomic E-state index is -0.0510. The lowest BCUT2D eigenvalue weighted by molar-refractivity contribution is 0.192. The molecule has 1 aromatic heterocycles. The van der Waals surface area contributed by atoms with E-state index in [1.165, 1.54) is 0 Å². The van der Waals surface area contributed by atoms with Crippen LogP contribution in [0, 0.1) is 6.92 Å². The summed E-state index contributed by atoms with van der Waals surface area (Å²) < 4.78 is 1.97. The Morgan fingerprint density at radius 3 is 2.73 bits per heavy atom. The molecule has 0 bridgehead atoms. The van der Waals surface area contributed by atoms with Gasteiger partial charge < -0.3 is 10.2 Å². The van der Waals surface area contributed by atoms with Gasteiger partial charge >= 0.3 is 6.03 Å². The van der Waals surface area contributed by atoms with E-state index in [-0.39, 0.29) is 17.6 Å². The van der Waals surface area contributed by atoms with Gasteiger partial charge in [-0.2, -0.15) is 16.9 Å². The predicted molar refractivity (Wildman–Crippen MR) is 92.4 cm³/mol. The van der Waals surface area contributed by atoms with Crippen molar-refractivity contribution in [3.8, 4) is 0 Å². The molecule has 0 aromatic carbocycles. The summed E-state index contributed by atoms with van der Waals surface area (Å²) in [5.74, 6) is 2.19. The molecule has 1 N–H and O–H groups in total. The fourth-order valence-corrected chi connectivity index (χ4v) is 3.87. The summed E-state index contributed by atoms with van der Waals surface area (Å²) in [6, 6.07) is 0.318. The van der Waals surface area contributed by atoms with Crippen LogP contribution < -0.4 is 5.32 Å². The molecular formula is C16H28N4OS. The second kappa shape index (κ2) is 6.52. The number of nitrogens with one attached hydrogen (secondary N) is 1. The lowest BCUT2D eigenvalue weighted by atomic mass is 10.1. The molecule has 0 aliphatic carbocycles. The number of nitrogens with zero attached hydrogens (tertiary/aromatic N) is 3. The molecular weight excluding hydrogens is 296 g/mol. The molecule has 22 heavy (non-hydrogen) atoms. The Kier molecular flexibility index (Phi) is 5.10. The zero-order chi connectivity index (χ0) is 16.5. The molecule has 124 valence electrons. The highest BCUT2D eigenvalue weighted by Crippen LogP contribution is 2.23. The number of thioether (sulfide) groups is 1. The Morgan fingerprint density at radius 1 is 1.55 bits per heavy atom. The molecule has 1 saturated heterocycles. The maximum absolute atomic E-state index is 12.4. The third-order valence-corrected chi connectivity index (χ3v) is 5.35. The third kappa shape index (κ3) is 3.77. The molecule has 0 saturated carbocycles. The van der Waals surface area contributed by atoms with Crippen molar-refractivity contribution >= 4 is 17.8 Å². The summed E-state index contributed by atoms with van der Waals surface area (Å²) in [5, 5.41) is 7.68. The zero-order valence-corrected chi connectivity index (χ0v) is 15.3. The maximum Gasteiger partial charge on any atom is 0.317 e. The molecule has 1 fully saturated rings. The highest BCUT2D eigenvalue weighted by atomic mass is 32.2. The normalized spacial score (nSPS) is 20.0. The average molecular weight is 324 g/mol. The van der Waals surface area contributed by atoms with E-state index in [4.69, 9.17) is 0 Å². The van der Waals surface area contributed by atoms with Gasteiger partial charge in [0.15, 0.2) is 0 Å². The number of hydrogen-bond acceptors (Lipinski definition) is 3. The van der Waals surface area contributed by atoms with E-state index >= 15 is 0 Å². The van der Waals surface area contributed by atoms with E-state index in [0.717, 1.165) is 29.2 Å². The Balaban J connectivity index is 2.04. The van der Waals surface area contributed by atoms with Crippen LogP contribution in [0.25, 0.3) is 0 Å². The van der Waals surface area contributed by atoms with Crippen LogP contribution in [0.5, 0.6) is 0 Å². The lowest BCUT2D eigenvalue weighted by Gasteiger charge is -2.26. The molecule has 0 radical (unpaired) electrons. The van der Waals surface area contributed by atoms with E-state index in [1.807, 2.05) is 48.4 Å². The predicted octanol–water partition coefficient (Wildman–Crippen LogP) is 3.15. The van der Waals surface area contributed by atoms with Crippen molar-refractivity contribution in [3.63, 3.8) is 0 Å². The van der Waals surface area contributed by atoms with Crippen LogP contribution in [-0.4, -0.2) is 45.3 Å². The van der Waals surface area contributed by atoms with Crippen molar-refractivity contribution in [2.45, 2.75) is 58.7 Å². The van der Waals surface area contributed by atoms with Crippen molar-refractivity contribution in [1.29, 1.82) is 0 Å². The van der Waals surface area contributed by atoms with Gasteiger partial charge in [-0.15, -0.1) is 0 Å². The highest BCUT2D eigenvalue weighted by Gasteiger charge is 2.26. The molecule has 0 spiro atoms. The van der Waals surface area contributed by atoms with Gasteiger partial charge in [0.2, 0.25) is 0 Å². The first-order chi connectivity index (χ1) is 10.2. The zero-order valence-electron chi connectivity index (χ0n) is 14.5. The van der Waals surface area contributed by atoms with Crippen molar-refractivity contribution in [1.82, 2.24) is 20.0 Å². The second-order valence-corrected chi connectivity index (χ2v) is 8.23. The van der Waals surface area contributed by atoms with Gasteiger partial charge in [-0.3, -0.25) is 4.68 Å². The number of carbonyl (C=O) groups excluding carboxylic acids is 1. The van der Waals surface area contributed by atoms with Gasteiger partial charge in [0.25, 0.3) is 0 Å². The second-order valence-electron chi connectivity index (χ2n) is 7.08. The summed E-state index contributed by atoms with van der Waals surface area (Å²) in [6.07, 6.45) is 3.13. The minimum absolute atomic E-state index is 0.00269.